The lowest BCUT2D eigenvalue weighted by Crippen LogP contribution is -2.19. The van der Waals surface area contributed by atoms with Gasteiger partial charge in [0, 0.05) is 12.1 Å². The fraction of sp³-hybridized carbons (Fsp3) is 0.526. The predicted molar refractivity (Wildman–Crippen MR) is 96.1 cm³/mol. The van der Waals surface area contributed by atoms with Crippen LogP contribution in [0.5, 0.6) is 5.75 Å². The smallest absolute Gasteiger partial charge is 0.419 e. The summed E-state index contributed by atoms with van der Waals surface area (Å²) in [4.78, 5) is 2.13. The minimum atomic E-state index is -4.47. The van der Waals surface area contributed by atoms with Gasteiger partial charge in [-0.2, -0.15) is 18.3 Å². The Morgan fingerprint density at radius 1 is 1.19 bits per heavy atom. The summed E-state index contributed by atoms with van der Waals surface area (Å²) in [5.74, 6) is -0.131. The van der Waals surface area contributed by atoms with E-state index in [2.05, 4.69) is 22.0 Å². The molecule has 1 heterocycles. The minimum absolute atomic E-state index is 0.131. The first-order valence-corrected chi connectivity index (χ1v) is 8.92. The van der Waals surface area contributed by atoms with Crippen molar-refractivity contribution in [3.05, 3.63) is 35.7 Å². The van der Waals surface area contributed by atoms with E-state index in [1.165, 1.54) is 6.07 Å². The van der Waals surface area contributed by atoms with Gasteiger partial charge in [0.25, 0.3) is 0 Å². The largest absolute Gasteiger partial charge is 0.493 e. The van der Waals surface area contributed by atoms with Crippen LogP contribution in [-0.2, 0) is 12.7 Å². The molecule has 0 saturated heterocycles. The highest BCUT2D eigenvalue weighted by Crippen LogP contribution is 2.39. The number of hydrogen-bond acceptors (Lipinski definition) is 3. The second kappa shape index (κ2) is 9.07. The highest BCUT2D eigenvalue weighted by atomic mass is 19.4. The fourth-order valence-corrected chi connectivity index (χ4v) is 2.72. The summed E-state index contributed by atoms with van der Waals surface area (Å²) in [6.45, 7) is 5.75. The van der Waals surface area contributed by atoms with Gasteiger partial charge < -0.3 is 9.64 Å². The molecule has 1 aromatic carbocycles. The number of rotatable bonds is 9. The summed E-state index contributed by atoms with van der Waals surface area (Å²) in [5, 5.41) is 6.95. The number of nitrogens with one attached hydrogen (secondary N) is 1. The third kappa shape index (κ3) is 5.24. The molecule has 2 rings (SSSR count). The summed E-state index contributed by atoms with van der Waals surface area (Å²) >= 11 is 0. The topological polar surface area (TPSA) is 41.2 Å². The molecule has 0 bridgehead atoms. The van der Waals surface area contributed by atoms with Crippen LogP contribution in [0.1, 0.15) is 44.4 Å². The molecule has 0 atom stereocenters. The Bertz CT molecular complexity index is 698. The average molecular weight is 369 g/mol. The number of halogens is 3. The highest BCUT2D eigenvalue weighted by Gasteiger charge is 2.35. The molecular weight excluding hydrogens is 343 g/mol. The van der Waals surface area contributed by atoms with Gasteiger partial charge in [-0.05, 0) is 44.1 Å². The lowest BCUT2D eigenvalue weighted by atomic mass is 10.0. The fourth-order valence-electron chi connectivity index (χ4n) is 2.72. The van der Waals surface area contributed by atoms with Crippen LogP contribution in [0.2, 0.25) is 0 Å². The number of alkyl halides is 3. The Morgan fingerprint density at radius 3 is 2.62 bits per heavy atom. The van der Waals surface area contributed by atoms with Crippen molar-refractivity contribution in [2.45, 2.75) is 45.8 Å². The van der Waals surface area contributed by atoms with Crippen molar-refractivity contribution in [2.24, 2.45) is 0 Å². The van der Waals surface area contributed by atoms with Crippen LogP contribution in [0.25, 0.3) is 11.1 Å². The van der Waals surface area contributed by atoms with Crippen molar-refractivity contribution < 1.29 is 17.9 Å². The molecule has 26 heavy (non-hydrogen) atoms. The van der Waals surface area contributed by atoms with Crippen LogP contribution in [-0.4, -0.2) is 35.3 Å². The van der Waals surface area contributed by atoms with E-state index in [0.717, 1.165) is 31.1 Å². The molecule has 0 spiro atoms. The van der Waals surface area contributed by atoms with Gasteiger partial charge in [-0.15, -0.1) is 0 Å². The molecule has 0 fully saturated rings. The predicted octanol–water partition coefficient (Wildman–Crippen LogP) is 5.12. The maximum absolute atomic E-state index is 13.4. The second-order valence-corrected chi connectivity index (χ2v) is 6.41. The van der Waals surface area contributed by atoms with E-state index in [0.29, 0.717) is 24.1 Å². The summed E-state index contributed by atoms with van der Waals surface area (Å²) < 4.78 is 45.6. The molecule has 0 unspecified atom stereocenters. The summed E-state index contributed by atoms with van der Waals surface area (Å²) in [6.07, 6.45) is -0.0863. The van der Waals surface area contributed by atoms with Gasteiger partial charge in [0.05, 0.1) is 24.1 Å². The molecule has 0 aliphatic carbocycles. The number of hydrogen-bond donors (Lipinski definition) is 1. The first-order chi connectivity index (χ1) is 12.4. The first kappa shape index (κ1) is 20.3. The van der Waals surface area contributed by atoms with E-state index in [9.17, 15) is 13.2 Å². The zero-order valence-corrected chi connectivity index (χ0v) is 15.5. The average Bonchev–Trinajstić information content (AvgIpc) is 3.05. The van der Waals surface area contributed by atoms with E-state index in [-0.39, 0.29) is 12.4 Å². The number of H-pyrrole nitrogens is 1. The highest BCUT2D eigenvalue weighted by molar-refractivity contribution is 5.67. The number of aromatic nitrogens is 2. The van der Waals surface area contributed by atoms with Crippen LogP contribution in [0.15, 0.2) is 24.4 Å². The van der Waals surface area contributed by atoms with Gasteiger partial charge in [-0.25, -0.2) is 0 Å². The molecule has 0 radical (unpaired) electrons. The molecule has 2 aromatic rings. The Hall–Kier alpha value is -2.02. The van der Waals surface area contributed by atoms with Gasteiger partial charge >= 0.3 is 6.18 Å². The lowest BCUT2D eigenvalue weighted by Gasteiger charge is -2.17. The zero-order valence-electron chi connectivity index (χ0n) is 15.5. The normalized spacial score (nSPS) is 12.0. The van der Waals surface area contributed by atoms with Crippen molar-refractivity contribution in [1.82, 2.24) is 15.1 Å². The summed E-state index contributed by atoms with van der Waals surface area (Å²) in [6, 6.07) is 4.19. The van der Waals surface area contributed by atoms with Crippen LogP contribution < -0.4 is 4.74 Å². The number of benzene rings is 1. The first-order valence-electron chi connectivity index (χ1n) is 8.92. The van der Waals surface area contributed by atoms with Gasteiger partial charge in [0.2, 0.25) is 0 Å². The Kier molecular flexibility index (Phi) is 7.08. The Morgan fingerprint density at radius 2 is 1.96 bits per heavy atom. The van der Waals surface area contributed by atoms with E-state index < -0.39 is 11.7 Å². The van der Waals surface area contributed by atoms with Crippen molar-refractivity contribution >= 4 is 0 Å². The van der Waals surface area contributed by atoms with Crippen molar-refractivity contribution in [3.63, 3.8) is 0 Å². The van der Waals surface area contributed by atoms with E-state index >= 15 is 0 Å². The number of nitrogens with zero attached hydrogens (tertiary/aromatic N) is 2. The van der Waals surface area contributed by atoms with Gasteiger partial charge in [0.1, 0.15) is 5.75 Å². The molecule has 1 aromatic heterocycles. The molecular formula is C19H26F3N3O. The van der Waals surface area contributed by atoms with E-state index in [4.69, 9.17) is 4.74 Å². The SMILES string of the molecule is CCCCN(C)Cc1[nH]ncc1-c1ccc(OCCC)c(C(F)(F)F)c1. The number of ether oxygens (including phenoxy) is 1. The standard InChI is InChI=1S/C19H26F3N3O/c1-4-6-9-25(3)13-17-15(12-23-24-17)14-7-8-18(26-10-5-2)16(11-14)19(20,21)22/h7-8,11-12H,4-6,9-10,13H2,1-3H3,(H,23,24). The molecule has 0 saturated carbocycles. The van der Waals surface area contributed by atoms with E-state index in [1.54, 1.807) is 12.3 Å². The monoisotopic (exact) mass is 369 g/mol. The second-order valence-electron chi connectivity index (χ2n) is 6.41. The Labute approximate surface area is 152 Å². The summed E-state index contributed by atoms with van der Waals surface area (Å²) in [7, 11) is 1.99. The van der Waals surface area contributed by atoms with Crippen LogP contribution in [0.4, 0.5) is 13.2 Å². The molecule has 1 N–H and O–H groups in total. The quantitative estimate of drug-likeness (QED) is 0.667. The molecule has 7 heteroatoms. The van der Waals surface area contributed by atoms with Gasteiger partial charge in [-0.3, -0.25) is 5.10 Å². The molecule has 0 aliphatic rings. The lowest BCUT2D eigenvalue weighted by molar-refractivity contribution is -0.138. The summed E-state index contributed by atoms with van der Waals surface area (Å²) in [5.41, 5.74) is 1.21. The third-order valence-electron chi connectivity index (χ3n) is 4.10. The molecule has 4 nitrogen and oxygen atoms in total. The van der Waals surface area contributed by atoms with Crippen LogP contribution in [0, 0.1) is 0 Å². The van der Waals surface area contributed by atoms with Gasteiger partial charge in [0.15, 0.2) is 0 Å². The van der Waals surface area contributed by atoms with Crippen LogP contribution >= 0.6 is 0 Å². The minimum Gasteiger partial charge on any atom is -0.493 e. The van der Waals surface area contributed by atoms with Crippen molar-refractivity contribution in [1.29, 1.82) is 0 Å². The number of unbranched alkanes of at least 4 members (excludes halogenated alkanes) is 1. The Balaban J connectivity index is 2.30. The maximum atomic E-state index is 13.4. The van der Waals surface area contributed by atoms with Crippen molar-refractivity contribution in [2.75, 3.05) is 20.2 Å². The maximum Gasteiger partial charge on any atom is 0.419 e. The molecule has 144 valence electrons. The molecule has 0 amide bonds. The van der Waals surface area contributed by atoms with Crippen molar-refractivity contribution in [3.8, 4) is 16.9 Å². The van der Waals surface area contributed by atoms with Gasteiger partial charge in [-0.1, -0.05) is 26.3 Å². The van der Waals surface area contributed by atoms with E-state index in [1.807, 2.05) is 14.0 Å². The third-order valence-corrected chi connectivity index (χ3v) is 4.10. The zero-order chi connectivity index (χ0) is 19.2. The molecule has 0 aliphatic heterocycles. The number of aromatic amines is 1. The van der Waals surface area contributed by atoms with Crippen LogP contribution in [0.3, 0.4) is 0 Å².